The minimum absolute atomic E-state index is 0.0106. The Morgan fingerprint density at radius 2 is 2.00 bits per heavy atom. The maximum atomic E-state index is 12.1. The van der Waals surface area contributed by atoms with Crippen molar-refractivity contribution in [2.24, 2.45) is 11.7 Å². The van der Waals surface area contributed by atoms with Crippen LogP contribution in [-0.2, 0) is 22.1 Å². The summed E-state index contributed by atoms with van der Waals surface area (Å²) in [6.07, 6.45) is 0.682. The van der Waals surface area contributed by atoms with Gasteiger partial charge in [-0.25, -0.2) is 8.42 Å². The van der Waals surface area contributed by atoms with Crippen LogP contribution in [0.1, 0.15) is 31.4 Å². The number of hydrogen-bond donors (Lipinski definition) is 1. The summed E-state index contributed by atoms with van der Waals surface area (Å²) in [6, 6.07) is 5.43. The quantitative estimate of drug-likeness (QED) is 0.833. The van der Waals surface area contributed by atoms with E-state index in [1.807, 2.05) is 26.0 Å². The second-order valence-corrected chi connectivity index (χ2v) is 7.31. The minimum atomic E-state index is -3.11. The molecule has 0 spiro atoms. The van der Waals surface area contributed by atoms with Crippen molar-refractivity contribution in [1.82, 2.24) is 0 Å². The van der Waals surface area contributed by atoms with E-state index in [1.165, 1.54) is 0 Å². The van der Waals surface area contributed by atoms with Crippen molar-refractivity contribution in [2.75, 3.05) is 12.9 Å². The second kappa shape index (κ2) is 6.91. The fourth-order valence-electron chi connectivity index (χ4n) is 1.80. The highest BCUT2D eigenvalue weighted by Crippen LogP contribution is 2.23. The lowest BCUT2D eigenvalue weighted by molar-refractivity contribution is 0.410. The van der Waals surface area contributed by atoms with Crippen molar-refractivity contribution in [2.45, 2.75) is 32.6 Å². The summed E-state index contributed by atoms with van der Waals surface area (Å²) in [4.78, 5) is 0. The summed E-state index contributed by atoms with van der Waals surface area (Å²) < 4.78 is 29.4. The van der Waals surface area contributed by atoms with E-state index in [2.05, 4.69) is 0 Å². The molecule has 4 nitrogen and oxygen atoms in total. The standard InChI is InChI=1S/C14H23NO3S/c1-11(2)6-7-19(16,17)10-13-8-12(9-15)4-5-14(13)18-3/h4-5,8,11H,6-7,9-10,15H2,1-3H3. The molecule has 0 aromatic heterocycles. The number of hydrogen-bond acceptors (Lipinski definition) is 4. The molecular formula is C14H23NO3S. The van der Waals surface area contributed by atoms with Gasteiger partial charge in [0.2, 0.25) is 0 Å². The van der Waals surface area contributed by atoms with Crippen LogP contribution in [0.2, 0.25) is 0 Å². The fourth-order valence-corrected chi connectivity index (χ4v) is 3.47. The van der Waals surface area contributed by atoms with Gasteiger partial charge >= 0.3 is 0 Å². The van der Waals surface area contributed by atoms with Crippen LogP contribution < -0.4 is 10.5 Å². The maximum Gasteiger partial charge on any atom is 0.154 e. The number of ether oxygens (including phenoxy) is 1. The van der Waals surface area contributed by atoms with Crippen molar-refractivity contribution in [3.63, 3.8) is 0 Å². The lowest BCUT2D eigenvalue weighted by Gasteiger charge is -2.11. The zero-order chi connectivity index (χ0) is 14.5. The Bertz CT molecular complexity index is 509. The monoisotopic (exact) mass is 285 g/mol. The van der Waals surface area contributed by atoms with Gasteiger partial charge in [0, 0.05) is 12.1 Å². The fraction of sp³-hybridized carbons (Fsp3) is 0.571. The topological polar surface area (TPSA) is 69.4 Å². The van der Waals surface area contributed by atoms with Gasteiger partial charge in [-0.2, -0.15) is 0 Å². The zero-order valence-electron chi connectivity index (χ0n) is 11.8. The van der Waals surface area contributed by atoms with Gasteiger partial charge in [-0.3, -0.25) is 0 Å². The summed E-state index contributed by atoms with van der Waals surface area (Å²) >= 11 is 0. The highest BCUT2D eigenvalue weighted by atomic mass is 32.2. The van der Waals surface area contributed by atoms with Gasteiger partial charge < -0.3 is 10.5 Å². The van der Waals surface area contributed by atoms with Crippen molar-refractivity contribution in [1.29, 1.82) is 0 Å². The largest absolute Gasteiger partial charge is 0.496 e. The lowest BCUT2D eigenvalue weighted by Crippen LogP contribution is -2.12. The van der Waals surface area contributed by atoms with E-state index < -0.39 is 9.84 Å². The molecule has 1 aromatic carbocycles. The van der Waals surface area contributed by atoms with Crippen LogP contribution in [0.5, 0.6) is 5.75 Å². The van der Waals surface area contributed by atoms with Crippen LogP contribution in [0.15, 0.2) is 18.2 Å². The van der Waals surface area contributed by atoms with Crippen LogP contribution in [0.3, 0.4) is 0 Å². The third kappa shape index (κ3) is 5.20. The van der Waals surface area contributed by atoms with E-state index in [-0.39, 0.29) is 11.5 Å². The van der Waals surface area contributed by atoms with Crippen LogP contribution >= 0.6 is 0 Å². The third-order valence-corrected chi connectivity index (χ3v) is 4.57. The predicted molar refractivity (Wildman–Crippen MR) is 77.8 cm³/mol. The Labute approximate surface area is 115 Å². The number of rotatable bonds is 7. The third-order valence-electron chi connectivity index (χ3n) is 2.96. The molecule has 0 aliphatic rings. The van der Waals surface area contributed by atoms with Gasteiger partial charge in [0.05, 0.1) is 18.6 Å². The first-order chi connectivity index (χ1) is 8.88. The number of benzene rings is 1. The van der Waals surface area contributed by atoms with Gasteiger partial charge in [-0.05, 0) is 30.0 Å². The van der Waals surface area contributed by atoms with Gasteiger partial charge in [0.15, 0.2) is 9.84 Å². The van der Waals surface area contributed by atoms with Crippen molar-refractivity contribution in [3.05, 3.63) is 29.3 Å². The Hall–Kier alpha value is -1.07. The molecule has 0 amide bonds. The summed E-state index contributed by atoms with van der Waals surface area (Å²) in [5, 5.41) is 0. The molecule has 0 unspecified atom stereocenters. The van der Waals surface area contributed by atoms with Gasteiger partial charge in [0.1, 0.15) is 5.75 Å². The highest BCUT2D eigenvalue weighted by molar-refractivity contribution is 7.90. The molecule has 5 heteroatoms. The summed E-state index contributed by atoms with van der Waals surface area (Å²) in [6.45, 7) is 4.43. The average molecular weight is 285 g/mol. The van der Waals surface area contributed by atoms with E-state index >= 15 is 0 Å². The van der Waals surface area contributed by atoms with Crippen molar-refractivity contribution in [3.8, 4) is 5.75 Å². The highest BCUT2D eigenvalue weighted by Gasteiger charge is 2.16. The first kappa shape index (κ1) is 16.0. The second-order valence-electron chi connectivity index (χ2n) is 5.12. The van der Waals surface area contributed by atoms with Gasteiger partial charge in [-0.1, -0.05) is 19.9 Å². The van der Waals surface area contributed by atoms with E-state index in [0.29, 0.717) is 30.2 Å². The summed E-state index contributed by atoms with van der Waals surface area (Å²) in [5.41, 5.74) is 7.18. The SMILES string of the molecule is COc1ccc(CN)cc1CS(=O)(=O)CCC(C)C. The molecule has 0 heterocycles. The molecule has 1 aromatic rings. The molecule has 0 radical (unpaired) electrons. The maximum absolute atomic E-state index is 12.1. The molecule has 0 aliphatic heterocycles. The van der Waals surface area contributed by atoms with Crippen LogP contribution in [-0.4, -0.2) is 21.3 Å². The summed E-state index contributed by atoms with van der Waals surface area (Å²) in [5.74, 6) is 1.20. The Balaban J connectivity index is 2.90. The average Bonchev–Trinajstić information content (AvgIpc) is 2.36. The molecular weight excluding hydrogens is 262 g/mol. The molecule has 2 N–H and O–H groups in total. The molecule has 108 valence electrons. The number of sulfone groups is 1. The Kier molecular flexibility index (Phi) is 5.82. The Morgan fingerprint density at radius 1 is 1.32 bits per heavy atom. The number of methoxy groups -OCH3 is 1. The van der Waals surface area contributed by atoms with Gasteiger partial charge in [-0.15, -0.1) is 0 Å². The zero-order valence-corrected chi connectivity index (χ0v) is 12.7. The molecule has 0 saturated carbocycles. The minimum Gasteiger partial charge on any atom is -0.496 e. The first-order valence-electron chi connectivity index (χ1n) is 6.44. The molecule has 0 fully saturated rings. The summed E-state index contributed by atoms with van der Waals surface area (Å²) in [7, 11) is -1.56. The smallest absolute Gasteiger partial charge is 0.154 e. The molecule has 0 atom stereocenters. The van der Waals surface area contributed by atoms with E-state index in [9.17, 15) is 8.42 Å². The van der Waals surface area contributed by atoms with Gasteiger partial charge in [0.25, 0.3) is 0 Å². The first-order valence-corrected chi connectivity index (χ1v) is 8.26. The van der Waals surface area contributed by atoms with E-state index in [0.717, 1.165) is 5.56 Å². The number of nitrogens with two attached hydrogens (primary N) is 1. The Morgan fingerprint density at radius 3 is 2.53 bits per heavy atom. The van der Waals surface area contributed by atoms with Crippen molar-refractivity contribution < 1.29 is 13.2 Å². The predicted octanol–water partition coefficient (Wildman–Crippen LogP) is 2.11. The molecule has 1 rings (SSSR count). The van der Waals surface area contributed by atoms with Crippen LogP contribution in [0, 0.1) is 5.92 Å². The molecule has 0 aliphatic carbocycles. The molecule has 0 saturated heterocycles. The van der Waals surface area contributed by atoms with E-state index in [4.69, 9.17) is 10.5 Å². The lowest BCUT2D eigenvalue weighted by atomic mass is 10.1. The van der Waals surface area contributed by atoms with Crippen LogP contribution in [0.25, 0.3) is 0 Å². The van der Waals surface area contributed by atoms with Crippen LogP contribution in [0.4, 0.5) is 0 Å². The van der Waals surface area contributed by atoms with Crippen molar-refractivity contribution >= 4 is 9.84 Å². The molecule has 0 bridgehead atoms. The molecule has 19 heavy (non-hydrogen) atoms. The van der Waals surface area contributed by atoms with E-state index in [1.54, 1.807) is 13.2 Å². The normalized spacial score (nSPS) is 11.8.